The predicted molar refractivity (Wildman–Crippen MR) is 68.4 cm³/mol. The lowest BCUT2D eigenvalue weighted by Crippen LogP contribution is -2.36. The van der Waals surface area contributed by atoms with Gasteiger partial charge in [0.25, 0.3) is 0 Å². The van der Waals surface area contributed by atoms with E-state index in [4.69, 9.17) is 0 Å². The van der Waals surface area contributed by atoms with Crippen molar-refractivity contribution in [3.05, 3.63) is 0 Å². The Hall–Kier alpha value is 0.110. The normalized spacial score (nSPS) is 35.4. The highest BCUT2D eigenvalue weighted by Crippen LogP contribution is 2.52. The minimum atomic E-state index is -3.22. The van der Waals surface area contributed by atoms with Gasteiger partial charge in [-0.1, -0.05) is 19.3 Å². The molecule has 2 N–H and O–H groups in total. The first-order valence-corrected chi connectivity index (χ1v) is 8.73. The first-order valence-electron chi connectivity index (χ1n) is 6.81. The van der Waals surface area contributed by atoms with Crippen molar-refractivity contribution >= 4 is 7.37 Å². The Morgan fingerprint density at radius 1 is 1.06 bits per heavy atom. The van der Waals surface area contributed by atoms with Gasteiger partial charge >= 0.3 is 0 Å². The molecule has 1 saturated carbocycles. The maximum Gasteiger partial charge on any atom is 0.219 e. The summed E-state index contributed by atoms with van der Waals surface area (Å²) in [4.78, 5) is 12.3. The van der Waals surface area contributed by atoms with Crippen LogP contribution in [0.4, 0.5) is 0 Å². The summed E-state index contributed by atoms with van der Waals surface area (Å²) in [7, 11) is -3.22. The van der Waals surface area contributed by atoms with Crippen LogP contribution in [-0.4, -0.2) is 46.0 Å². The van der Waals surface area contributed by atoms with E-state index in [0.717, 1.165) is 38.8 Å². The topological polar surface area (TPSA) is 60.8 Å². The average molecular weight is 261 g/mol. The minimum Gasteiger partial charge on any atom is -0.392 e. The van der Waals surface area contributed by atoms with Gasteiger partial charge in [-0.15, -0.1) is 0 Å². The Labute approximate surface area is 103 Å². The summed E-state index contributed by atoms with van der Waals surface area (Å²) < 4.78 is 12.4. The number of rotatable bonds is 3. The van der Waals surface area contributed by atoms with Crippen LogP contribution in [0.2, 0.25) is 0 Å². The summed E-state index contributed by atoms with van der Waals surface area (Å²) in [6, 6.07) is 0. The maximum absolute atomic E-state index is 12.4. The zero-order valence-electron chi connectivity index (χ0n) is 10.4. The van der Waals surface area contributed by atoms with Gasteiger partial charge in [0.2, 0.25) is 7.37 Å². The zero-order valence-corrected chi connectivity index (χ0v) is 11.3. The van der Waals surface area contributed by atoms with E-state index >= 15 is 0 Å². The van der Waals surface area contributed by atoms with E-state index in [1.807, 2.05) is 0 Å². The largest absolute Gasteiger partial charge is 0.392 e. The summed E-state index contributed by atoms with van der Waals surface area (Å²) in [5.41, 5.74) is -0.377. The number of hydrogen-bond donors (Lipinski definition) is 2. The number of nitrogens with zero attached hydrogens (tertiary/aromatic N) is 1. The van der Waals surface area contributed by atoms with Crippen molar-refractivity contribution in [1.29, 1.82) is 0 Å². The highest BCUT2D eigenvalue weighted by atomic mass is 31.2. The molecule has 1 aliphatic heterocycles. The molecule has 0 spiro atoms. The van der Waals surface area contributed by atoms with Crippen molar-refractivity contribution in [2.45, 2.75) is 56.7 Å². The Bertz CT molecular complexity index is 291. The van der Waals surface area contributed by atoms with Gasteiger partial charge in [0.15, 0.2) is 0 Å². The maximum atomic E-state index is 12.4. The Morgan fingerprint density at radius 3 is 2.35 bits per heavy atom. The molecule has 1 heterocycles. The van der Waals surface area contributed by atoms with Crippen molar-refractivity contribution in [2.24, 2.45) is 0 Å². The molecule has 1 unspecified atom stereocenters. The number of piperidine rings is 1. The second kappa shape index (κ2) is 5.83. The van der Waals surface area contributed by atoms with E-state index in [0.29, 0.717) is 12.8 Å². The van der Waals surface area contributed by atoms with E-state index in [1.165, 1.54) is 6.42 Å². The lowest BCUT2D eigenvalue weighted by molar-refractivity contribution is 0.126. The SMILES string of the molecule is O=P(O)(CN1CCCCC1)[C@H]1CCCC[C@H]1O. The molecule has 0 radical (unpaired) electrons. The predicted octanol–water partition coefficient (Wildman–Crippen LogP) is 2.00. The second-order valence-electron chi connectivity index (χ2n) is 5.49. The average Bonchev–Trinajstić information content (AvgIpc) is 2.30. The molecule has 4 nitrogen and oxygen atoms in total. The van der Waals surface area contributed by atoms with Crippen LogP contribution in [0.5, 0.6) is 0 Å². The molecule has 0 bridgehead atoms. The summed E-state index contributed by atoms with van der Waals surface area (Å²) in [5.74, 6) is 0. The molecule has 3 atom stereocenters. The van der Waals surface area contributed by atoms with Crippen LogP contribution in [0.3, 0.4) is 0 Å². The van der Waals surface area contributed by atoms with Gasteiger partial charge in [-0.05, 0) is 38.8 Å². The molecule has 17 heavy (non-hydrogen) atoms. The van der Waals surface area contributed by atoms with Gasteiger partial charge in [0.05, 0.1) is 18.0 Å². The van der Waals surface area contributed by atoms with Crippen LogP contribution >= 0.6 is 7.37 Å². The third kappa shape index (κ3) is 3.54. The molecular weight excluding hydrogens is 237 g/mol. The van der Waals surface area contributed by atoms with E-state index in [1.54, 1.807) is 0 Å². The molecule has 1 saturated heterocycles. The van der Waals surface area contributed by atoms with Gasteiger partial charge in [0.1, 0.15) is 0 Å². The molecule has 0 amide bonds. The number of aliphatic hydroxyl groups is 1. The molecule has 1 aliphatic carbocycles. The zero-order chi connectivity index (χ0) is 12.3. The fourth-order valence-corrected chi connectivity index (χ4v) is 5.39. The summed E-state index contributed by atoms with van der Waals surface area (Å²) >= 11 is 0. The van der Waals surface area contributed by atoms with E-state index < -0.39 is 13.5 Å². The quantitative estimate of drug-likeness (QED) is 0.763. The van der Waals surface area contributed by atoms with Crippen molar-refractivity contribution in [3.63, 3.8) is 0 Å². The highest BCUT2D eigenvalue weighted by Gasteiger charge is 2.39. The smallest absolute Gasteiger partial charge is 0.219 e. The number of aliphatic hydroxyl groups excluding tert-OH is 1. The molecule has 100 valence electrons. The molecule has 2 aliphatic rings. The van der Waals surface area contributed by atoms with E-state index in [9.17, 15) is 14.6 Å². The first kappa shape index (κ1) is 13.5. The molecule has 2 rings (SSSR count). The van der Waals surface area contributed by atoms with Crippen molar-refractivity contribution in [2.75, 3.05) is 19.4 Å². The first-order chi connectivity index (χ1) is 8.09. The minimum absolute atomic E-state index is 0.286. The van der Waals surface area contributed by atoms with Crippen LogP contribution < -0.4 is 0 Å². The van der Waals surface area contributed by atoms with Crippen molar-refractivity contribution < 1.29 is 14.6 Å². The van der Waals surface area contributed by atoms with E-state index in [2.05, 4.69) is 4.90 Å². The van der Waals surface area contributed by atoms with Crippen LogP contribution in [0.15, 0.2) is 0 Å². The number of likely N-dealkylation sites (tertiary alicyclic amines) is 1. The van der Waals surface area contributed by atoms with E-state index in [-0.39, 0.29) is 11.9 Å². The molecule has 0 aromatic heterocycles. The molecule has 2 fully saturated rings. The monoisotopic (exact) mass is 261 g/mol. The Morgan fingerprint density at radius 2 is 1.71 bits per heavy atom. The molecular formula is C12H24NO3P. The van der Waals surface area contributed by atoms with Gasteiger partial charge in [0, 0.05) is 0 Å². The third-order valence-electron chi connectivity index (χ3n) is 4.06. The summed E-state index contributed by atoms with van der Waals surface area (Å²) in [6.45, 7) is 1.88. The number of hydrogen-bond acceptors (Lipinski definition) is 3. The molecule has 0 aromatic rings. The standard InChI is InChI=1S/C12H24NO3P/c14-11-6-2-3-7-12(11)17(15,16)10-13-8-4-1-5-9-13/h11-12,14H,1-10H2,(H,15,16)/t11-,12+/m1/s1. The lowest BCUT2D eigenvalue weighted by atomic mass is 9.97. The van der Waals surface area contributed by atoms with Crippen LogP contribution in [-0.2, 0) is 4.57 Å². The third-order valence-corrected chi connectivity index (χ3v) is 6.51. The molecule has 0 aromatic carbocycles. The van der Waals surface area contributed by atoms with Crippen molar-refractivity contribution in [3.8, 4) is 0 Å². The van der Waals surface area contributed by atoms with Gasteiger partial charge in [-0.3, -0.25) is 9.46 Å². The Balaban J connectivity index is 1.94. The van der Waals surface area contributed by atoms with Gasteiger partial charge < -0.3 is 10.00 Å². The summed E-state index contributed by atoms with van der Waals surface area (Å²) in [6.07, 6.45) is 6.59. The van der Waals surface area contributed by atoms with Gasteiger partial charge in [-0.2, -0.15) is 0 Å². The van der Waals surface area contributed by atoms with Gasteiger partial charge in [-0.25, -0.2) is 0 Å². The highest BCUT2D eigenvalue weighted by molar-refractivity contribution is 7.58. The van der Waals surface area contributed by atoms with Crippen molar-refractivity contribution in [1.82, 2.24) is 4.90 Å². The van der Waals surface area contributed by atoms with Crippen LogP contribution in [0.25, 0.3) is 0 Å². The van der Waals surface area contributed by atoms with Crippen LogP contribution in [0, 0.1) is 0 Å². The fourth-order valence-electron chi connectivity index (χ4n) is 3.05. The van der Waals surface area contributed by atoms with Crippen LogP contribution in [0.1, 0.15) is 44.9 Å². The lowest BCUT2D eigenvalue weighted by Gasteiger charge is -2.35. The fraction of sp³-hybridized carbons (Fsp3) is 1.00. The Kier molecular flexibility index (Phi) is 4.65. The molecule has 5 heteroatoms. The second-order valence-corrected chi connectivity index (χ2v) is 7.95. The summed E-state index contributed by atoms with van der Waals surface area (Å²) in [5, 5.41) is 9.88.